The average molecular weight is 284 g/mol. The van der Waals surface area contributed by atoms with Crippen LogP contribution in [0.4, 0.5) is 0 Å². The van der Waals surface area contributed by atoms with Gasteiger partial charge in [0.1, 0.15) is 0 Å². The summed E-state index contributed by atoms with van der Waals surface area (Å²) in [6.45, 7) is 17.6. The molecule has 2 heteroatoms. The number of hydrogen-bond acceptors (Lipinski definition) is 2. The van der Waals surface area contributed by atoms with Gasteiger partial charge < -0.3 is 9.47 Å². The molecule has 0 radical (unpaired) electrons. The van der Waals surface area contributed by atoms with Crippen LogP contribution in [0.25, 0.3) is 0 Å². The number of hydrogen-bond donors (Lipinski definition) is 0. The van der Waals surface area contributed by atoms with Crippen LogP contribution in [0.5, 0.6) is 0 Å². The van der Waals surface area contributed by atoms with Gasteiger partial charge in [-0.2, -0.15) is 0 Å². The highest BCUT2D eigenvalue weighted by Crippen LogP contribution is 2.49. The fourth-order valence-corrected chi connectivity index (χ4v) is 3.20. The van der Waals surface area contributed by atoms with E-state index in [4.69, 9.17) is 9.47 Å². The van der Waals surface area contributed by atoms with Crippen molar-refractivity contribution in [2.75, 3.05) is 0 Å². The van der Waals surface area contributed by atoms with E-state index in [1.165, 1.54) is 19.3 Å². The molecule has 2 nitrogen and oxygen atoms in total. The van der Waals surface area contributed by atoms with Crippen LogP contribution in [0.15, 0.2) is 0 Å². The minimum absolute atomic E-state index is 0.138. The third-order valence-electron chi connectivity index (χ3n) is 4.28. The van der Waals surface area contributed by atoms with Crippen LogP contribution in [-0.4, -0.2) is 18.0 Å². The van der Waals surface area contributed by atoms with Crippen molar-refractivity contribution >= 4 is 0 Å². The van der Waals surface area contributed by atoms with E-state index < -0.39 is 0 Å². The van der Waals surface area contributed by atoms with E-state index >= 15 is 0 Å². The molecule has 1 spiro atoms. The lowest BCUT2D eigenvalue weighted by Crippen LogP contribution is -2.42. The normalized spacial score (nSPS) is 30.0. The third-order valence-corrected chi connectivity index (χ3v) is 4.28. The van der Waals surface area contributed by atoms with Crippen molar-refractivity contribution in [2.45, 2.75) is 105 Å². The highest BCUT2D eigenvalue weighted by molar-refractivity contribution is 4.97. The lowest BCUT2D eigenvalue weighted by Gasteiger charge is -2.36. The van der Waals surface area contributed by atoms with E-state index in [1.54, 1.807) is 0 Å². The van der Waals surface area contributed by atoms with Crippen LogP contribution in [0.3, 0.4) is 0 Å². The molecule has 1 aliphatic heterocycles. The fraction of sp³-hybridized carbons (Fsp3) is 1.00. The van der Waals surface area contributed by atoms with E-state index in [9.17, 15) is 0 Å². The van der Waals surface area contributed by atoms with Crippen LogP contribution >= 0.6 is 0 Å². The van der Waals surface area contributed by atoms with E-state index in [1.807, 2.05) is 13.8 Å². The summed E-state index contributed by atoms with van der Waals surface area (Å²) in [5.74, 6) is -0.270. The summed E-state index contributed by atoms with van der Waals surface area (Å²) in [7, 11) is 0. The molecule has 1 saturated carbocycles. The molecule has 1 heterocycles. The van der Waals surface area contributed by atoms with Crippen molar-refractivity contribution in [2.24, 2.45) is 10.8 Å². The Morgan fingerprint density at radius 2 is 1.05 bits per heavy atom. The SMILES string of the molecule is CC.CC(C)(C)C1OC2(CCCCC2)OC1C(C)(C)C. The van der Waals surface area contributed by atoms with Gasteiger partial charge in [-0.1, -0.05) is 61.8 Å². The summed E-state index contributed by atoms with van der Waals surface area (Å²) in [5, 5.41) is 0. The van der Waals surface area contributed by atoms with Crippen LogP contribution in [0, 0.1) is 10.8 Å². The summed E-state index contributed by atoms with van der Waals surface area (Å²) < 4.78 is 12.9. The molecule has 20 heavy (non-hydrogen) atoms. The van der Waals surface area contributed by atoms with Crippen molar-refractivity contribution < 1.29 is 9.47 Å². The van der Waals surface area contributed by atoms with Gasteiger partial charge in [0.25, 0.3) is 0 Å². The molecule has 2 fully saturated rings. The zero-order valence-electron chi connectivity index (χ0n) is 15.0. The maximum atomic E-state index is 6.47. The molecular weight excluding hydrogens is 248 g/mol. The minimum atomic E-state index is -0.270. The molecule has 0 aromatic rings. The first-order valence-electron chi connectivity index (χ1n) is 8.50. The Bertz CT molecular complexity index is 266. The standard InChI is InChI=1S/C16H30O2.C2H6/c1-14(2,3)12-13(15(4,5)6)18-16(17-12)10-8-7-9-11-16;1-2/h12-13H,7-11H2,1-6H3;1-2H3. The van der Waals surface area contributed by atoms with Crippen molar-refractivity contribution in [1.29, 1.82) is 0 Å². The molecule has 1 saturated heterocycles. The number of rotatable bonds is 0. The molecule has 0 aromatic heterocycles. The molecule has 2 atom stereocenters. The fourth-order valence-electron chi connectivity index (χ4n) is 3.20. The molecule has 0 amide bonds. The maximum Gasteiger partial charge on any atom is 0.169 e. The van der Waals surface area contributed by atoms with E-state index in [2.05, 4.69) is 41.5 Å². The second-order valence-corrected chi connectivity index (χ2v) is 8.28. The zero-order chi connectivity index (χ0) is 15.6. The van der Waals surface area contributed by atoms with Gasteiger partial charge in [-0.25, -0.2) is 0 Å². The van der Waals surface area contributed by atoms with E-state index in [0.717, 1.165) is 12.8 Å². The average Bonchev–Trinajstić information content (AvgIpc) is 2.72. The monoisotopic (exact) mass is 284 g/mol. The molecule has 1 aliphatic carbocycles. The van der Waals surface area contributed by atoms with Gasteiger partial charge in [-0.3, -0.25) is 0 Å². The predicted octanol–water partition coefficient (Wildman–Crippen LogP) is 5.55. The highest BCUT2D eigenvalue weighted by atomic mass is 16.8. The molecule has 2 rings (SSSR count). The van der Waals surface area contributed by atoms with Gasteiger partial charge in [0.2, 0.25) is 0 Å². The van der Waals surface area contributed by atoms with Gasteiger partial charge in [0.05, 0.1) is 12.2 Å². The minimum Gasteiger partial charge on any atom is -0.343 e. The number of ether oxygens (including phenoxy) is 2. The molecule has 0 bridgehead atoms. The highest BCUT2D eigenvalue weighted by Gasteiger charge is 2.54. The van der Waals surface area contributed by atoms with Crippen molar-refractivity contribution in [3.63, 3.8) is 0 Å². The summed E-state index contributed by atoms with van der Waals surface area (Å²) in [6.07, 6.45) is 6.38. The molecular formula is C18H36O2. The first kappa shape index (κ1) is 18.0. The van der Waals surface area contributed by atoms with Crippen LogP contribution in [0.1, 0.15) is 87.5 Å². The van der Waals surface area contributed by atoms with E-state index in [0.29, 0.717) is 0 Å². The Kier molecular flexibility index (Phi) is 5.71. The summed E-state index contributed by atoms with van der Waals surface area (Å²) in [6, 6.07) is 0. The van der Waals surface area contributed by atoms with Gasteiger partial charge in [0.15, 0.2) is 5.79 Å². The van der Waals surface area contributed by atoms with Gasteiger partial charge in [-0.05, 0) is 23.7 Å². The Hall–Kier alpha value is -0.0800. The molecule has 0 aromatic carbocycles. The van der Waals surface area contributed by atoms with Crippen LogP contribution in [0.2, 0.25) is 0 Å². The third kappa shape index (κ3) is 3.98. The lowest BCUT2D eigenvalue weighted by molar-refractivity contribution is -0.204. The largest absolute Gasteiger partial charge is 0.343 e. The topological polar surface area (TPSA) is 18.5 Å². The summed E-state index contributed by atoms with van der Waals surface area (Å²) in [5.41, 5.74) is 0.276. The molecule has 0 N–H and O–H groups in total. The predicted molar refractivity (Wildman–Crippen MR) is 85.8 cm³/mol. The first-order valence-corrected chi connectivity index (χ1v) is 8.50. The maximum absolute atomic E-state index is 6.47. The first-order chi connectivity index (χ1) is 9.14. The van der Waals surface area contributed by atoms with E-state index in [-0.39, 0.29) is 28.8 Å². The van der Waals surface area contributed by atoms with Crippen molar-refractivity contribution in [3.05, 3.63) is 0 Å². The Labute approximate surface area is 126 Å². The Morgan fingerprint density at radius 3 is 1.35 bits per heavy atom. The Balaban J connectivity index is 0.000000956. The second kappa shape index (κ2) is 6.36. The quantitative estimate of drug-likeness (QED) is 0.580. The van der Waals surface area contributed by atoms with Crippen LogP contribution in [-0.2, 0) is 9.47 Å². The molecule has 2 aliphatic rings. The lowest BCUT2D eigenvalue weighted by atomic mass is 9.76. The summed E-state index contributed by atoms with van der Waals surface area (Å²) >= 11 is 0. The van der Waals surface area contributed by atoms with Crippen LogP contribution < -0.4 is 0 Å². The molecule has 2 unspecified atom stereocenters. The van der Waals surface area contributed by atoms with Gasteiger partial charge in [0, 0.05) is 12.8 Å². The van der Waals surface area contributed by atoms with Gasteiger partial charge >= 0.3 is 0 Å². The van der Waals surface area contributed by atoms with Gasteiger partial charge in [-0.15, -0.1) is 0 Å². The second-order valence-electron chi connectivity index (χ2n) is 8.28. The zero-order valence-corrected chi connectivity index (χ0v) is 15.0. The van der Waals surface area contributed by atoms with Crippen molar-refractivity contribution in [3.8, 4) is 0 Å². The smallest absolute Gasteiger partial charge is 0.169 e. The summed E-state index contributed by atoms with van der Waals surface area (Å²) in [4.78, 5) is 0. The Morgan fingerprint density at radius 1 is 0.700 bits per heavy atom. The molecule has 120 valence electrons. The van der Waals surface area contributed by atoms with Crippen molar-refractivity contribution in [1.82, 2.24) is 0 Å².